The van der Waals surface area contributed by atoms with E-state index < -0.39 is 0 Å². The monoisotopic (exact) mass is 366 g/mol. The molecule has 0 amide bonds. The van der Waals surface area contributed by atoms with Crippen molar-refractivity contribution in [3.8, 4) is 0 Å². The Balaban J connectivity index is 2.41. The first-order valence-corrected chi connectivity index (χ1v) is 5.93. The third-order valence-corrected chi connectivity index (χ3v) is 3.95. The summed E-state index contributed by atoms with van der Waals surface area (Å²) in [4.78, 5) is 0. The first kappa shape index (κ1) is 9.47. The molecule has 60 valence electrons. The SMILES string of the molecule is NCC1CN(I)CC1CI. The van der Waals surface area contributed by atoms with Crippen LogP contribution in [0.15, 0.2) is 0 Å². The van der Waals surface area contributed by atoms with Crippen LogP contribution in [0.4, 0.5) is 0 Å². The van der Waals surface area contributed by atoms with Gasteiger partial charge in [0.05, 0.1) is 0 Å². The summed E-state index contributed by atoms with van der Waals surface area (Å²) >= 11 is 4.84. The Bertz CT molecular complexity index is 97.9. The first-order chi connectivity index (χ1) is 4.77. The summed E-state index contributed by atoms with van der Waals surface area (Å²) in [6.07, 6.45) is 0. The lowest BCUT2D eigenvalue weighted by Crippen LogP contribution is -2.22. The van der Waals surface area contributed by atoms with Crippen molar-refractivity contribution < 1.29 is 0 Å². The van der Waals surface area contributed by atoms with E-state index in [-0.39, 0.29) is 0 Å². The van der Waals surface area contributed by atoms with Crippen molar-refractivity contribution in [2.24, 2.45) is 17.6 Å². The highest BCUT2D eigenvalue weighted by Gasteiger charge is 2.29. The van der Waals surface area contributed by atoms with Gasteiger partial charge in [0.25, 0.3) is 0 Å². The molecule has 1 aliphatic heterocycles. The van der Waals surface area contributed by atoms with Crippen molar-refractivity contribution in [3.05, 3.63) is 0 Å². The minimum Gasteiger partial charge on any atom is -0.330 e. The van der Waals surface area contributed by atoms with E-state index in [1.165, 1.54) is 17.5 Å². The highest BCUT2D eigenvalue weighted by molar-refractivity contribution is 14.1. The first-order valence-electron chi connectivity index (χ1n) is 3.44. The molecule has 0 aromatic carbocycles. The number of halogens is 2. The Morgan fingerprint density at radius 3 is 2.40 bits per heavy atom. The van der Waals surface area contributed by atoms with Crippen LogP contribution in [0, 0.1) is 11.8 Å². The van der Waals surface area contributed by atoms with Crippen molar-refractivity contribution in [2.75, 3.05) is 24.1 Å². The van der Waals surface area contributed by atoms with Gasteiger partial charge in [-0.3, -0.25) is 0 Å². The number of hydrogen-bond donors (Lipinski definition) is 1. The summed E-state index contributed by atoms with van der Waals surface area (Å²) in [5.41, 5.74) is 5.63. The highest BCUT2D eigenvalue weighted by atomic mass is 127. The van der Waals surface area contributed by atoms with Crippen LogP contribution in [0.3, 0.4) is 0 Å². The van der Waals surface area contributed by atoms with Crippen LogP contribution in [0.25, 0.3) is 0 Å². The van der Waals surface area contributed by atoms with Crippen molar-refractivity contribution >= 4 is 45.5 Å². The minimum atomic E-state index is 0.744. The second-order valence-corrected chi connectivity index (χ2v) is 4.98. The number of rotatable bonds is 2. The van der Waals surface area contributed by atoms with Gasteiger partial charge in [-0.1, -0.05) is 22.6 Å². The van der Waals surface area contributed by atoms with E-state index in [1.54, 1.807) is 0 Å². The number of hydrogen-bond acceptors (Lipinski definition) is 2. The molecular weight excluding hydrogens is 354 g/mol. The van der Waals surface area contributed by atoms with Crippen LogP contribution in [-0.2, 0) is 0 Å². The van der Waals surface area contributed by atoms with E-state index in [4.69, 9.17) is 5.73 Å². The molecule has 0 spiro atoms. The van der Waals surface area contributed by atoms with E-state index in [1.807, 2.05) is 0 Å². The third kappa shape index (κ3) is 2.18. The second-order valence-electron chi connectivity index (χ2n) is 2.74. The maximum Gasteiger partial charge on any atom is 0.0201 e. The molecule has 0 radical (unpaired) electrons. The summed E-state index contributed by atoms with van der Waals surface area (Å²) in [6, 6.07) is 0. The molecule has 0 aliphatic carbocycles. The Morgan fingerprint density at radius 1 is 1.40 bits per heavy atom. The summed E-state index contributed by atoms with van der Waals surface area (Å²) in [7, 11) is 0. The van der Waals surface area contributed by atoms with Gasteiger partial charge >= 0.3 is 0 Å². The predicted octanol–water partition coefficient (Wildman–Crippen LogP) is 1.28. The quantitative estimate of drug-likeness (QED) is 0.454. The smallest absolute Gasteiger partial charge is 0.0201 e. The van der Waals surface area contributed by atoms with Crippen LogP contribution in [0.2, 0.25) is 0 Å². The third-order valence-electron chi connectivity index (χ3n) is 2.03. The van der Waals surface area contributed by atoms with E-state index in [2.05, 4.69) is 48.6 Å². The Labute approximate surface area is 89.5 Å². The highest BCUT2D eigenvalue weighted by Crippen LogP contribution is 2.26. The average Bonchev–Trinajstić information content (AvgIpc) is 2.30. The molecule has 1 aliphatic rings. The molecule has 2 unspecified atom stereocenters. The van der Waals surface area contributed by atoms with Crippen LogP contribution in [0.5, 0.6) is 0 Å². The molecule has 0 aromatic rings. The fraction of sp³-hybridized carbons (Fsp3) is 1.00. The zero-order valence-corrected chi connectivity index (χ0v) is 10.1. The van der Waals surface area contributed by atoms with Gasteiger partial charge in [0.1, 0.15) is 0 Å². The maximum absolute atomic E-state index is 5.63. The number of alkyl halides is 1. The van der Waals surface area contributed by atoms with E-state index in [9.17, 15) is 0 Å². The lowest BCUT2D eigenvalue weighted by molar-refractivity contribution is 0.474. The second kappa shape index (κ2) is 4.42. The van der Waals surface area contributed by atoms with Crippen molar-refractivity contribution in [3.63, 3.8) is 0 Å². The van der Waals surface area contributed by atoms with Crippen LogP contribution in [0.1, 0.15) is 0 Å². The van der Waals surface area contributed by atoms with Gasteiger partial charge in [-0.15, -0.1) is 0 Å². The molecule has 4 heteroatoms. The number of nitrogens with zero attached hydrogens (tertiary/aromatic N) is 1. The average molecular weight is 366 g/mol. The molecule has 2 nitrogen and oxygen atoms in total. The van der Waals surface area contributed by atoms with Crippen LogP contribution >= 0.6 is 45.5 Å². The molecule has 0 aromatic heterocycles. The molecule has 2 N–H and O–H groups in total. The Hall–Kier alpha value is 1.38. The van der Waals surface area contributed by atoms with Crippen molar-refractivity contribution in [2.45, 2.75) is 0 Å². The van der Waals surface area contributed by atoms with E-state index >= 15 is 0 Å². The fourth-order valence-electron chi connectivity index (χ4n) is 1.32. The molecule has 1 saturated heterocycles. The molecule has 2 atom stereocenters. The largest absolute Gasteiger partial charge is 0.330 e. The maximum atomic E-state index is 5.63. The summed E-state index contributed by atoms with van der Waals surface area (Å²) < 4.78 is 3.59. The van der Waals surface area contributed by atoms with E-state index in [0.717, 1.165) is 18.4 Å². The van der Waals surface area contributed by atoms with E-state index in [0.29, 0.717) is 0 Å². The van der Waals surface area contributed by atoms with Gasteiger partial charge in [-0.05, 0) is 18.4 Å². The zero-order chi connectivity index (χ0) is 7.56. The molecule has 0 bridgehead atoms. The summed E-state index contributed by atoms with van der Waals surface area (Å²) in [6.45, 7) is 3.27. The summed E-state index contributed by atoms with van der Waals surface area (Å²) in [5.74, 6) is 1.58. The van der Waals surface area contributed by atoms with Gasteiger partial charge < -0.3 is 5.73 Å². The zero-order valence-electron chi connectivity index (χ0n) is 5.76. The molecular formula is C6H12I2N2. The Morgan fingerprint density at radius 2 is 2.00 bits per heavy atom. The topological polar surface area (TPSA) is 29.3 Å². The van der Waals surface area contributed by atoms with Crippen LogP contribution in [-0.4, -0.2) is 27.2 Å². The summed E-state index contributed by atoms with van der Waals surface area (Å²) in [5, 5.41) is 0. The molecule has 10 heavy (non-hydrogen) atoms. The predicted molar refractivity (Wildman–Crippen MR) is 60.5 cm³/mol. The lowest BCUT2D eigenvalue weighted by atomic mass is 9.99. The van der Waals surface area contributed by atoms with Crippen molar-refractivity contribution in [1.82, 2.24) is 3.11 Å². The fourth-order valence-corrected chi connectivity index (χ4v) is 3.33. The Kier molecular flexibility index (Phi) is 4.18. The standard InChI is InChI=1S/C6H12I2N2/c7-1-5-3-10(8)4-6(5)2-9/h5-6H,1-4,9H2. The van der Waals surface area contributed by atoms with Gasteiger partial charge in [0, 0.05) is 40.4 Å². The van der Waals surface area contributed by atoms with Gasteiger partial charge in [-0.2, -0.15) is 0 Å². The molecule has 1 rings (SSSR count). The molecule has 1 heterocycles. The normalized spacial score (nSPS) is 35.1. The minimum absolute atomic E-state index is 0.744. The van der Waals surface area contributed by atoms with Gasteiger partial charge in [0.2, 0.25) is 0 Å². The van der Waals surface area contributed by atoms with Gasteiger partial charge in [-0.25, -0.2) is 3.11 Å². The van der Waals surface area contributed by atoms with Gasteiger partial charge in [0.15, 0.2) is 0 Å². The van der Waals surface area contributed by atoms with Crippen molar-refractivity contribution in [1.29, 1.82) is 0 Å². The molecule has 1 fully saturated rings. The van der Waals surface area contributed by atoms with Crippen LogP contribution < -0.4 is 5.73 Å². The number of nitrogens with two attached hydrogens (primary N) is 1. The lowest BCUT2D eigenvalue weighted by Gasteiger charge is -2.11. The molecule has 0 saturated carbocycles.